The Labute approximate surface area is 142 Å². The topological polar surface area (TPSA) is 31.4 Å². The van der Waals surface area contributed by atoms with Crippen molar-refractivity contribution in [3.05, 3.63) is 54.9 Å². The van der Waals surface area contributed by atoms with Gasteiger partial charge in [-0.05, 0) is 60.4 Å². The van der Waals surface area contributed by atoms with Gasteiger partial charge in [0.25, 0.3) is 0 Å². The Morgan fingerprint density at radius 2 is 1.88 bits per heavy atom. The highest BCUT2D eigenvalue weighted by Gasteiger charge is 2.19. The van der Waals surface area contributed by atoms with E-state index in [1.807, 2.05) is 18.5 Å². The second kappa shape index (κ2) is 6.52. The van der Waals surface area contributed by atoms with Gasteiger partial charge in [-0.1, -0.05) is 24.3 Å². The fourth-order valence-corrected chi connectivity index (χ4v) is 3.50. The van der Waals surface area contributed by atoms with Crippen molar-refractivity contribution in [2.75, 3.05) is 7.11 Å². The Hall–Kier alpha value is -2.55. The Morgan fingerprint density at radius 3 is 2.71 bits per heavy atom. The van der Waals surface area contributed by atoms with Crippen molar-refractivity contribution in [1.82, 2.24) is 4.98 Å². The van der Waals surface area contributed by atoms with Crippen LogP contribution < -0.4 is 9.47 Å². The van der Waals surface area contributed by atoms with E-state index in [1.54, 1.807) is 7.11 Å². The summed E-state index contributed by atoms with van der Waals surface area (Å²) in [4.78, 5) is 4.22. The fourth-order valence-electron chi connectivity index (χ4n) is 3.50. The first-order valence-electron chi connectivity index (χ1n) is 8.53. The van der Waals surface area contributed by atoms with Gasteiger partial charge in [0.2, 0.25) is 0 Å². The van der Waals surface area contributed by atoms with Crippen LogP contribution in [0.5, 0.6) is 11.5 Å². The van der Waals surface area contributed by atoms with Gasteiger partial charge in [0.15, 0.2) is 11.5 Å². The van der Waals surface area contributed by atoms with E-state index in [4.69, 9.17) is 9.47 Å². The lowest BCUT2D eigenvalue weighted by Gasteiger charge is -2.17. The van der Waals surface area contributed by atoms with E-state index in [-0.39, 0.29) is 0 Å². The number of benzene rings is 2. The maximum absolute atomic E-state index is 6.23. The first kappa shape index (κ1) is 15.0. The van der Waals surface area contributed by atoms with E-state index >= 15 is 0 Å². The van der Waals surface area contributed by atoms with Crippen molar-refractivity contribution >= 4 is 10.8 Å². The molecule has 1 fully saturated rings. The minimum atomic E-state index is 0.311. The third-order valence-corrected chi connectivity index (χ3v) is 4.75. The molecule has 3 heteroatoms. The van der Waals surface area contributed by atoms with Crippen LogP contribution in [-0.2, 0) is 0 Å². The predicted octanol–water partition coefficient (Wildman–Crippen LogP) is 5.23. The van der Waals surface area contributed by atoms with Gasteiger partial charge in [0.05, 0.1) is 13.2 Å². The van der Waals surface area contributed by atoms with Crippen LogP contribution in [0.3, 0.4) is 0 Å². The molecular formula is C21H21NO2. The summed E-state index contributed by atoms with van der Waals surface area (Å²) in [5.74, 6) is 1.64. The number of fused-ring (bicyclic) bond motifs is 1. The summed E-state index contributed by atoms with van der Waals surface area (Å²) in [6, 6.07) is 14.6. The SMILES string of the molecule is COc1ccc(-c2cccc3cnccc23)cc1OC1CCCC1. The summed E-state index contributed by atoms with van der Waals surface area (Å²) in [5, 5.41) is 2.34. The summed E-state index contributed by atoms with van der Waals surface area (Å²) >= 11 is 0. The molecule has 0 bridgehead atoms. The molecule has 0 N–H and O–H groups in total. The average molecular weight is 319 g/mol. The minimum Gasteiger partial charge on any atom is -0.493 e. The zero-order valence-electron chi connectivity index (χ0n) is 13.9. The van der Waals surface area contributed by atoms with Crippen LogP contribution in [-0.4, -0.2) is 18.2 Å². The first-order chi connectivity index (χ1) is 11.8. The van der Waals surface area contributed by atoms with Crippen LogP contribution in [0.2, 0.25) is 0 Å². The molecule has 0 atom stereocenters. The molecule has 0 amide bonds. The van der Waals surface area contributed by atoms with Crippen molar-refractivity contribution in [3.63, 3.8) is 0 Å². The van der Waals surface area contributed by atoms with Crippen LogP contribution in [0.4, 0.5) is 0 Å². The van der Waals surface area contributed by atoms with Crippen LogP contribution in [0.1, 0.15) is 25.7 Å². The number of hydrogen-bond donors (Lipinski definition) is 0. The van der Waals surface area contributed by atoms with Gasteiger partial charge in [0, 0.05) is 17.8 Å². The van der Waals surface area contributed by atoms with Crippen molar-refractivity contribution in [1.29, 1.82) is 0 Å². The van der Waals surface area contributed by atoms with E-state index < -0.39 is 0 Å². The Balaban J connectivity index is 1.77. The zero-order chi connectivity index (χ0) is 16.4. The molecule has 0 radical (unpaired) electrons. The van der Waals surface area contributed by atoms with Crippen molar-refractivity contribution in [3.8, 4) is 22.6 Å². The molecule has 24 heavy (non-hydrogen) atoms. The second-order valence-corrected chi connectivity index (χ2v) is 6.29. The average Bonchev–Trinajstić information content (AvgIpc) is 3.14. The third-order valence-electron chi connectivity index (χ3n) is 4.75. The molecule has 3 aromatic rings. The molecule has 1 aromatic heterocycles. The van der Waals surface area contributed by atoms with Crippen LogP contribution >= 0.6 is 0 Å². The lowest BCUT2D eigenvalue weighted by molar-refractivity contribution is 0.201. The summed E-state index contributed by atoms with van der Waals surface area (Å²) < 4.78 is 11.7. The molecule has 4 rings (SSSR count). The van der Waals surface area contributed by atoms with E-state index in [9.17, 15) is 0 Å². The number of aromatic nitrogens is 1. The number of nitrogens with zero attached hydrogens (tertiary/aromatic N) is 1. The normalized spacial score (nSPS) is 14.9. The Kier molecular flexibility index (Phi) is 4.08. The van der Waals surface area contributed by atoms with Gasteiger partial charge in [-0.25, -0.2) is 0 Å². The number of ether oxygens (including phenoxy) is 2. The van der Waals surface area contributed by atoms with Crippen LogP contribution in [0.25, 0.3) is 21.9 Å². The molecule has 1 aliphatic carbocycles. The highest BCUT2D eigenvalue weighted by Crippen LogP contribution is 2.37. The standard InChI is InChI=1S/C21H21NO2/c1-23-20-10-9-15(13-21(20)24-17-6-2-3-7-17)18-8-4-5-16-14-22-12-11-19(16)18/h4-5,8-14,17H,2-3,6-7H2,1H3. The number of pyridine rings is 1. The highest BCUT2D eigenvalue weighted by atomic mass is 16.5. The molecule has 0 spiro atoms. The Bertz CT molecular complexity index is 848. The number of hydrogen-bond acceptors (Lipinski definition) is 3. The molecule has 2 aromatic carbocycles. The van der Waals surface area contributed by atoms with Crippen LogP contribution in [0.15, 0.2) is 54.9 Å². The highest BCUT2D eigenvalue weighted by molar-refractivity contribution is 5.96. The van der Waals surface area contributed by atoms with Gasteiger partial charge in [-0.2, -0.15) is 0 Å². The molecule has 0 unspecified atom stereocenters. The minimum absolute atomic E-state index is 0.311. The maximum atomic E-state index is 6.23. The molecular weight excluding hydrogens is 298 g/mol. The summed E-state index contributed by atoms with van der Waals surface area (Å²) in [6.45, 7) is 0. The summed E-state index contributed by atoms with van der Waals surface area (Å²) in [5.41, 5.74) is 2.33. The summed E-state index contributed by atoms with van der Waals surface area (Å²) in [6.07, 6.45) is 8.82. The molecule has 122 valence electrons. The molecule has 1 aliphatic rings. The van der Waals surface area contributed by atoms with Gasteiger partial charge in [-0.3, -0.25) is 4.98 Å². The van der Waals surface area contributed by atoms with Gasteiger partial charge < -0.3 is 9.47 Å². The van der Waals surface area contributed by atoms with Gasteiger partial charge in [0.1, 0.15) is 0 Å². The number of methoxy groups -OCH3 is 1. The smallest absolute Gasteiger partial charge is 0.162 e. The Morgan fingerprint density at radius 1 is 1.00 bits per heavy atom. The van der Waals surface area contributed by atoms with Crippen molar-refractivity contribution in [2.24, 2.45) is 0 Å². The van der Waals surface area contributed by atoms with Crippen LogP contribution in [0, 0.1) is 0 Å². The summed E-state index contributed by atoms with van der Waals surface area (Å²) in [7, 11) is 1.69. The molecule has 1 saturated carbocycles. The molecule has 1 heterocycles. The van der Waals surface area contributed by atoms with Gasteiger partial charge in [-0.15, -0.1) is 0 Å². The molecule has 0 aliphatic heterocycles. The van der Waals surface area contributed by atoms with Crippen molar-refractivity contribution < 1.29 is 9.47 Å². The molecule has 0 saturated heterocycles. The first-order valence-corrected chi connectivity index (χ1v) is 8.53. The van der Waals surface area contributed by atoms with E-state index in [1.165, 1.54) is 23.8 Å². The van der Waals surface area contributed by atoms with E-state index in [0.717, 1.165) is 35.3 Å². The lowest BCUT2D eigenvalue weighted by atomic mass is 9.99. The maximum Gasteiger partial charge on any atom is 0.162 e. The monoisotopic (exact) mass is 319 g/mol. The van der Waals surface area contributed by atoms with E-state index in [2.05, 4.69) is 41.4 Å². The lowest BCUT2D eigenvalue weighted by Crippen LogP contribution is -2.11. The third kappa shape index (κ3) is 2.82. The second-order valence-electron chi connectivity index (χ2n) is 6.29. The number of rotatable bonds is 4. The van der Waals surface area contributed by atoms with E-state index in [0.29, 0.717) is 6.10 Å². The zero-order valence-corrected chi connectivity index (χ0v) is 13.9. The van der Waals surface area contributed by atoms with Gasteiger partial charge >= 0.3 is 0 Å². The molecule has 3 nitrogen and oxygen atoms in total. The largest absolute Gasteiger partial charge is 0.493 e. The quantitative estimate of drug-likeness (QED) is 0.659. The fraction of sp³-hybridized carbons (Fsp3) is 0.286. The van der Waals surface area contributed by atoms with Crippen molar-refractivity contribution in [2.45, 2.75) is 31.8 Å². The predicted molar refractivity (Wildman–Crippen MR) is 96.6 cm³/mol.